The Bertz CT molecular complexity index is 1150. The number of rotatable bonds is 8. The molecule has 2 heterocycles. The van der Waals surface area contributed by atoms with E-state index in [2.05, 4.69) is 9.97 Å². The highest BCUT2D eigenvalue weighted by atomic mass is 35.5. The van der Waals surface area contributed by atoms with Gasteiger partial charge in [-0.05, 0) is 24.3 Å². The number of nitrogens with one attached hydrogen (secondary N) is 1. The number of hydrogen-bond acceptors (Lipinski definition) is 7. The summed E-state index contributed by atoms with van der Waals surface area (Å²) in [6.07, 6.45) is -1.04. The van der Waals surface area contributed by atoms with Gasteiger partial charge in [-0.15, -0.1) is 0 Å². The Hall–Kier alpha value is -2.76. The minimum Gasteiger partial charge on any atom is -0.491 e. The molecule has 0 fully saturated rings. The summed E-state index contributed by atoms with van der Waals surface area (Å²) in [5.41, 5.74) is -1.17. The van der Waals surface area contributed by atoms with Crippen LogP contribution in [0.5, 0.6) is 5.75 Å². The van der Waals surface area contributed by atoms with Gasteiger partial charge in [0.15, 0.2) is 16.3 Å². The normalized spacial score (nSPS) is 12.2. The van der Waals surface area contributed by atoms with E-state index in [1.807, 2.05) is 0 Å². The van der Waals surface area contributed by atoms with Crippen LogP contribution in [0, 0.1) is 0 Å². The monoisotopic (exact) mass is 440 g/mol. The van der Waals surface area contributed by atoms with Crippen molar-refractivity contribution in [3.63, 3.8) is 0 Å². The van der Waals surface area contributed by atoms with Crippen molar-refractivity contribution in [1.29, 1.82) is 0 Å². The van der Waals surface area contributed by atoms with E-state index in [-0.39, 0.29) is 35.2 Å². The van der Waals surface area contributed by atoms with Crippen LogP contribution < -0.4 is 16.0 Å². The van der Waals surface area contributed by atoms with Crippen molar-refractivity contribution in [2.24, 2.45) is 7.05 Å². The van der Waals surface area contributed by atoms with Crippen molar-refractivity contribution < 1.29 is 19.7 Å². The summed E-state index contributed by atoms with van der Waals surface area (Å²) in [5, 5.41) is 20.1. The molecule has 3 N–H and O–H groups in total. The molecular formula is C17H17ClN4O6S. The number of aromatic amines is 1. The summed E-state index contributed by atoms with van der Waals surface area (Å²) in [6.45, 7) is -0.179. The highest BCUT2D eigenvalue weighted by Gasteiger charge is 2.20. The lowest BCUT2D eigenvalue weighted by atomic mass is 10.3. The third kappa shape index (κ3) is 4.81. The van der Waals surface area contributed by atoms with Crippen molar-refractivity contribution in [1.82, 2.24) is 19.1 Å². The molecule has 0 bridgehead atoms. The first-order valence-electron chi connectivity index (χ1n) is 8.37. The second-order valence-electron chi connectivity index (χ2n) is 6.10. The van der Waals surface area contributed by atoms with Gasteiger partial charge in [0.1, 0.15) is 18.5 Å². The number of aliphatic hydroxyl groups is 1. The van der Waals surface area contributed by atoms with Gasteiger partial charge in [-0.2, -0.15) is 0 Å². The summed E-state index contributed by atoms with van der Waals surface area (Å²) in [5.74, 6) is -0.861. The fourth-order valence-corrected chi connectivity index (χ4v) is 3.46. The maximum atomic E-state index is 12.3. The molecule has 0 aliphatic carbocycles. The molecule has 0 aliphatic heterocycles. The largest absolute Gasteiger partial charge is 0.491 e. The van der Waals surface area contributed by atoms with Crippen LogP contribution in [0.15, 0.2) is 39.0 Å². The summed E-state index contributed by atoms with van der Waals surface area (Å²) >= 11 is 6.70. The fourth-order valence-electron chi connectivity index (χ4n) is 2.61. The number of aromatic nitrogens is 4. The van der Waals surface area contributed by atoms with Crippen LogP contribution in [-0.2, 0) is 18.4 Å². The zero-order valence-electron chi connectivity index (χ0n) is 15.2. The Kier molecular flexibility index (Phi) is 6.30. The molecule has 1 atom stereocenters. The molecule has 2 aromatic heterocycles. The maximum Gasteiger partial charge on any atom is 0.329 e. The molecule has 12 heteroatoms. The van der Waals surface area contributed by atoms with E-state index in [1.54, 1.807) is 24.3 Å². The number of imidazole rings is 1. The van der Waals surface area contributed by atoms with E-state index in [1.165, 1.54) is 11.6 Å². The Balaban J connectivity index is 1.89. The van der Waals surface area contributed by atoms with E-state index in [0.29, 0.717) is 10.8 Å². The second kappa shape index (κ2) is 8.72. The third-order valence-corrected chi connectivity index (χ3v) is 5.16. The average molecular weight is 441 g/mol. The van der Waals surface area contributed by atoms with Gasteiger partial charge in [0.05, 0.1) is 12.3 Å². The standard InChI is InChI=1S/C17H17ClN4O6S/c1-21-14-13(15(26)20-16(21)27)22(17(19-14)29-8-12(24)25)6-10(23)7-28-11-4-2-9(18)3-5-11/h2-5,10,23H,6-8H2,1H3,(H,24,25)(H,20,26,27)/t10-/m0/s1. The first-order chi connectivity index (χ1) is 13.8. The number of ether oxygens (including phenoxy) is 1. The van der Waals surface area contributed by atoms with Crippen molar-refractivity contribution in [2.45, 2.75) is 17.8 Å². The van der Waals surface area contributed by atoms with E-state index < -0.39 is 23.3 Å². The number of aliphatic hydroxyl groups excluding tert-OH is 1. The van der Waals surface area contributed by atoms with E-state index in [9.17, 15) is 19.5 Å². The fraction of sp³-hybridized carbons (Fsp3) is 0.294. The van der Waals surface area contributed by atoms with Gasteiger partial charge in [0, 0.05) is 12.1 Å². The SMILES string of the molecule is Cn1c(=O)[nH]c(=O)c2c1nc(SCC(=O)O)n2C[C@H](O)COc1ccc(Cl)cc1. The molecule has 0 aliphatic rings. The smallest absolute Gasteiger partial charge is 0.329 e. The molecule has 10 nitrogen and oxygen atoms in total. The summed E-state index contributed by atoms with van der Waals surface area (Å²) < 4.78 is 8.04. The first-order valence-corrected chi connectivity index (χ1v) is 9.73. The number of carboxylic acid groups (broad SMARTS) is 1. The van der Waals surface area contributed by atoms with Crippen LogP contribution in [0.2, 0.25) is 5.02 Å². The molecule has 0 amide bonds. The van der Waals surface area contributed by atoms with Crippen molar-refractivity contribution in [3.8, 4) is 5.75 Å². The number of carbonyl (C=O) groups is 1. The number of H-pyrrole nitrogens is 1. The van der Waals surface area contributed by atoms with E-state index in [4.69, 9.17) is 21.4 Å². The summed E-state index contributed by atoms with van der Waals surface area (Å²) in [4.78, 5) is 41.5. The van der Waals surface area contributed by atoms with Gasteiger partial charge in [0.25, 0.3) is 5.56 Å². The zero-order chi connectivity index (χ0) is 21.1. The minimum absolute atomic E-state index is 0.0607. The molecule has 0 saturated heterocycles. The lowest BCUT2D eigenvalue weighted by Gasteiger charge is -2.15. The number of carboxylic acids is 1. The van der Waals surface area contributed by atoms with E-state index in [0.717, 1.165) is 16.3 Å². The number of halogens is 1. The van der Waals surface area contributed by atoms with Crippen molar-refractivity contribution in [3.05, 3.63) is 50.1 Å². The number of benzene rings is 1. The number of aliphatic carboxylic acids is 1. The average Bonchev–Trinajstić information content (AvgIpc) is 3.03. The van der Waals surface area contributed by atoms with Gasteiger partial charge < -0.3 is 19.5 Å². The molecule has 0 radical (unpaired) electrons. The highest BCUT2D eigenvalue weighted by Crippen LogP contribution is 2.22. The molecule has 0 unspecified atom stereocenters. The minimum atomic E-state index is -1.07. The van der Waals surface area contributed by atoms with Gasteiger partial charge in [-0.25, -0.2) is 9.78 Å². The second-order valence-corrected chi connectivity index (χ2v) is 7.48. The number of hydrogen-bond donors (Lipinski definition) is 3. The molecule has 29 heavy (non-hydrogen) atoms. The van der Waals surface area contributed by atoms with Crippen LogP contribution in [0.1, 0.15) is 0 Å². The maximum absolute atomic E-state index is 12.3. The van der Waals surface area contributed by atoms with Crippen LogP contribution in [0.3, 0.4) is 0 Å². The molecule has 0 spiro atoms. The van der Waals surface area contributed by atoms with Crippen LogP contribution >= 0.6 is 23.4 Å². The molecular weight excluding hydrogens is 424 g/mol. The Morgan fingerprint density at radius 2 is 2.03 bits per heavy atom. The van der Waals surface area contributed by atoms with Crippen LogP contribution in [-0.4, -0.2) is 53.7 Å². The van der Waals surface area contributed by atoms with Crippen LogP contribution in [0.25, 0.3) is 11.2 Å². The van der Waals surface area contributed by atoms with Crippen molar-refractivity contribution in [2.75, 3.05) is 12.4 Å². The first kappa shape index (κ1) is 21.0. The lowest BCUT2D eigenvalue weighted by Crippen LogP contribution is -2.30. The van der Waals surface area contributed by atoms with Gasteiger partial charge in [-0.3, -0.25) is 19.1 Å². The predicted molar refractivity (Wildman–Crippen MR) is 107 cm³/mol. The number of aryl methyl sites for hydroxylation is 1. The predicted octanol–water partition coefficient (Wildman–Crippen LogP) is 0.693. The topological polar surface area (TPSA) is 139 Å². The van der Waals surface area contributed by atoms with Gasteiger partial charge in [-0.1, -0.05) is 23.4 Å². The molecule has 0 saturated carbocycles. The Morgan fingerprint density at radius 3 is 2.69 bits per heavy atom. The highest BCUT2D eigenvalue weighted by molar-refractivity contribution is 7.99. The number of nitrogens with zero attached hydrogens (tertiary/aromatic N) is 3. The number of fused-ring (bicyclic) bond motifs is 1. The number of thioether (sulfide) groups is 1. The van der Waals surface area contributed by atoms with Crippen molar-refractivity contribution >= 4 is 40.5 Å². The Morgan fingerprint density at radius 1 is 1.34 bits per heavy atom. The molecule has 3 aromatic rings. The molecule has 3 rings (SSSR count). The quantitative estimate of drug-likeness (QED) is 0.435. The molecule has 1 aromatic carbocycles. The zero-order valence-corrected chi connectivity index (χ0v) is 16.7. The summed E-state index contributed by atoms with van der Waals surface area (Å²) in [7, 11) is 1.43. The molecule has 154 valence electrons. The van der Waals surface area contributed by atoms with Crippen LogP contribution in [0.4, 0.5) is 0 Å². The van der Waals surface area contributed by atoms with E-state index >= 15 is 0 Å². The lowest BCUT2D eigenvalue weighted by molar-refractivity contribution is -0.133. The Labute approximate surface area is 172 Å². The summed E-state index contributed by atoms with van der Waals surface area (Å²) in [6, 6.07) is 6.59. The van der Waals surface area contributed by atoms with Gasteiger partial charge in [0.2, 0.25) is 0 Å². The van der Waals surface area contributed by atoms with Gasteiger partial charge >= 0.3 is 11.7 Å². The third-order valence-electron chi connectivity index (χ3n) is 3.95.